The number of rotatable bonds is 6. The van der Waals surface area contributed by atoms with Gasteiger partial charge in [-0.05, 0) is 55.8 Å². The maximum atomic E-state index is 12.9. The fraction of sp³-hybridized carbons (Fsp3) is 0.200. The Labute approximate surface area is 151 Å². The highest BCUT2D eigenvalue weighted by molar-refractivity contribution is 6.04. The van der Waals surface area contributed by atoms with E-state index < -0.39 is 0 Å². The smallest absolute Gasteiger partial charge is 0.255 e. The summed E-state index contributed by atoms with van der Waals surface area (Å²) in [5, 5.41) is 7.09. The number of anilines is 1. The average molecular weight is 353 g/mol. The lowest BCUT2D eigenvalue weighted by Crippen LogP contribution is -2.12. The van der Waals surface area contributed by atoms with Crippen LogP contribution < -0.4 is 10.1 Å². The lowest BCUT2D eigenvalue weighted by molar-refractivity contribution is 0.102. The molecule has 0 bridgehead atoms. The number of nitrogens with one attached hydrogen (secondary N) is 1. The quantitative estimate of drug-likeness (QED) is 0.723. The molecule has 1 heterocycles. The highest BCUT2D eigenvalue weighted by atomic mass is 19.1. The molecule has 26 heavy (non-hydrogen) atoms. The van der Waals surface area contributed by atoms with E-state index in [4.69, 9.17) is 4.74 Å². The van der Waals surface area contributed by atoms with Crippen molar-refractivity contribution < 1.29 is 13.9 Å². The molecule has 1 N–H and O–H groups in total. The molecule has 0 radical (unpaired) electrons. The molecule has 0 spiro atoms. The molecule has 134 valence electrons. The minimum absolute atomic E-state index is 0.185. The molecular formula is C20H20FN3O2. The number of halogens is 1. The molecule has 3 aromatic rings. The summed E-state index contributed by atoms with van der Waals surface area (Å²) in [6.45, 7) is 5.01. The van der Waals surface area contributed by atoms with E-state index in [1.807, 2.05) is 30.7 Å². The van der Waals surface area contributed by atoms with E-state index in [2.05, 4.69) is 10.4 Å². The van der Waals surface area contributed by atoms with Crippen LogP contribution in [0.4, 0.5) is 10.1 Å². The first-order valence-electron chi connectivity index (χ1n) is 8.38. The van der Waals surface area contributed by atoms with Crippen molar-refractivity contribution in [1.82, 2.24) is 9.78 Å². The van der Waals surface area contributed by atoms with Crippen molar-refractivity contribution in [3.05, 3.63) is 77.4 Å². The van der Waals surface area contributed by atoms with Gasteiger partial charge in [0.15, 0.2) is 0 Å². The monoisotopic (exact) mass is 353 g/mol. The van der Waals surface area contributed by atoms with Crippen LogP contribution in [0.2, 0.25) is 0 Å². The van der Waals surface area contributed by atoms with Crippen LogP contribution in [0.3, 0.4) is 0 Å². The van der Waals surface area contributed by atoms with Crippen molar-refractivity contribution >= 4 is 11.6 Å². The highest BCUT2D eigenvalue weighted by Crippen LogP contribution is 2.16. The Kier molecular flexibility index (Phi) is 5.31. The predicted octanol–water partition coefficient (Wildman–Crippen LogP) is 4.18. The van der Waals surface area contributed by atoms with Crippen LogP contribution in [-0.4, -0.2) is 15.7 Å². The molecule has 0 unspecified atom stereocenters. The fourth-order valence-electron chi connectivity index (χ4n) is 2.53. The van der Waals surface area contributed by atoms with Gasteiger partial charge in [0.1, 0.15) is 18.2 Å². The molecule has 0 aliphatic rings. The molecule has 1 aromatic heterocycles. The van der Waals surface area contributed by atoms with Crippen LogP contribution in [0.15, 0.2) is 54.7 Å². The third-order valence-electron chi connectivity index (χ3n) is 4.09. The summed E-state index contributed by atoms with van der Waals surface area (Å²) in [5.41, 5.74) is 3.10. The molecule has 2 aromatic carbocycles. The first-order valence-corrected chi connectivity index (χ1v) is 8.38. The molecule has 3 rings (SSSR count). The Bertz CT molecular complexity index is 886. The topological polar surface area (TPSA) is 56.2 Å². The molecule has 1 amide bonds. The standard InChI is InChI=1S/C20H20FN3O2/c1-3-24-14(2)19(12-22-24)23-20(25)16-6-4-15(5-7-16)13-26-18-10-8-17(21)9-11-18/h4-12H,3,13H2,1-2H3,(H,23,25). The first kappa shape index (κ1) is 17.7. The number of ether oxygens (including phenoxy) is 1. The fourth-order valence-corrected chi connectivity index (χ4v) is 2.53. The third-order valence-corrected chi connectivity index (χ3v) is 4.09. The summed E-state index contributed by atoms with van der Waals surface area (Å²) in [5.74, 6) is 0.110. The Hall–Kier alpha value is -3.15. The Morgan fingerprint density at radius 3 is 2.46 bits per heavy atom. The molecule has 6 heteroatoms. The van der Waals surface area contributed by atoms with Gasteiger partial charge in [0, 0.05) is 12.1 Å². The Morgan fingerprint density at radius 1 is 1.15 bits per heavy atom. The molecule has 0 aliphatic carbocycles. The van der Waals surface area contributed by atoms with Crippen LogP contribution >= 0.6 is 0 Å². The van der Waals surface area contributed by atoms with E-state index in [-0.39, 0.29) is 11.7 Å². The molecule has 0 aliphatic heterocycles. The van der Waals surface area contributed by atoms with Gasteiger partial charge in [0.25, 0.3) is 5.91 Å². The zero-order valence-corrected chi connectivity index (χ0v) is 14.7. The largest absolute Gasteiger partial charge is 0.489 e. The summed E-state index contributed by atoms with van der Waals surface area (Å²) in [6, 6.07) is 13.0. The van der Waals surface area contributed by atoms with Gasteiger partial charge in [-0.25, -0.2) is 4.39 Å². The van der Waals surface area contributed by atoms with Crippen LogP contribution in [0.5, 0.6) is 5.75 Å². The van der Waals surface area contributed by atoms with Gasteiger partial charge in [-0.15, -0.1) is 0 Å². The maximum Gasteiger partial charge on any atom is 0.255 e. The minimum Gasteiger partial charge on any atom is -0.489 e. The lowest BCUT2D eigenvalue weighted by Gasteiger charge is -2.08. The second kappa shape index (κ2) is 7.82. The summed E-state index contributed by atoms with van der Waals surface area (Å²) >= 11 is 0. The third kappa shape index (κ3) is 4.08. The zero-order valence-electron chi connectivity index (χ0n) is 14.7. The van der Waals surface area contributed by atoms with Crippen molar-refractivity contribution in [2.45, 2.75) is 27.0 Å². The van der Waals surface area contributed by atoms with Gasteiger partial charge in [-0.3, -0.25) is 9.48 Å². The van der Waals surface area contributed by atoms with Crippen molar-refractivity contribution in [2.75, 3.05) is 5.32 Å². The molecule has 0 saturated heterocycles. The van der Waals surface area contributed by atoms with Crippen LogP contribution in [0.25, 0.3) is 0 Å². The molecular weight excluding hydrogens is 333 g/mol. The van der Waals surface area contributed by atoms with Crippen molar-refractivity contribution in [2.24, 2.45) is 0 Å². The van der Waals surface area contributed by atoms with Crippen molar-refractivity contribution in [1.29, 1.82) is 0 Å². The first-order chi connectivity index (χ1) is 12.6. The number of hydrogen-bond donors (Lipinski definition) is 1. The van der Waals surface area contributed by atoms with Gasteiger partial charge < -0.3 is 10.1 Å². The summed E-state index contributed by atoms with van der Waals surface area (Å²) in [6.07, 6.45) is 1.65. The normalized spacial score (nSPS) is 10.6. The van der Waals surface area contributed by atoms with E-state index in [0.717, 1.165) is 17.8 Å². The summed E-state index contributed by atoms with van der Waals surface area (Å²) in [7, 11) is 0. The van der Waals surface area contributed by atoms with Gasteiger partial charge in [-0.2, -0.15) is 5.10 Å². The number of amides is 1. The zero-order chi connectivity index (χ0) is 18.5. The maximum absolute atomic E-state index is 12.9. The Balaban J connectivity index is 1.60. The molecule has 5 nitrogen and oxygen atoms in total. The minimum atomic E-state index is -0.299. The number of aryl methyl sites for hydroxylation is 1. The van der Waals surface area contributed by atoms with Gasteiger partial charge in [0.05, 0.1) is 17.6 Å². The number of carbonyl (C=O) groups is 1. The van der Waals surface area contributed by atoms with Crippen molar-refractivity contribution in [3.8, 4) is 5.75 Å². The van der Waals surface area contributed by atoms with E-state index in [0.29, 0.717) is 23.6 Å². The van der Waals surface area contributed by atoms with Gasteiger partial charge in [-0.1, -0.05) is 12.1 Å². The van der Waals surface area contributed by atoms with Crippen LogP contribution in [-0.2, 0) is 13.2 Å². The number of aromatic nitrogens is 2. The van der Waals surface area contributed by atoms with E-state index in [1.165, 1.54) is 12.1 Å². The van der Waals surface area contributed by atoms with Crippen molar-refractivity contribution in [3.63, 3.8) is 0 Å². The summed E-state index contributed by atoms with van der Waals surface area (Å²) in [4.78, 5) is 12.4. The molecule has 0 atom stereocenters. The summed E-state index contributed by atoms with van der Waals surface area (Å²) < 4.78 is 20.3. The van der Waals surface area contributed by atoms with Crippen LogP contribution in [0.1, 0.15) is 28.5 Å². The number of carbonyl (C=O) groups excluding carboxylic acids is 1. The second-order valence-corrected chi connectivity index (χ2v) is 5.85. The number of benzene rings is 2. The lowest BCUT2D eigenvalue weighted by atomic mass is 10.1. The second-order valence-electron chi connectivity index (χ2n) is 5.85. The van der Waals surface area contributed by atoms with Gasteiger partial charge in [0.2, 0.25) is 0 Å². The SMILES string of the molecule is CCn1ncc(NC(=O)c2ccc(COc3ccc(F)cc3)cc2)c1C. The molecule has 0 saturated carbocycles. The van der Waals surface area contributed by atoms with E-state index >= 15 is 0 Å². The van der Waals surface area contributed by atoms with E-state index in [1.54, 1.807) is 30.5 Å². The number of nitrogens with zero attached hydrogens (tertiary/aromatic N) is 2. The Morgan fingerprint density at radius 2 is 1.85 bits per heavy atom. The van der Waals surface area contributed by atoms with E-state index in [9.17, 15) is 9.18 Å². The highest BCUT2D eigenvalue weighted by Gasteiger charge is 2.11. The predicted molar refractivity (Wildman–Crippen MR) is 97.8 cm³/mol. The van der Waals surface area contributed by atoms with Crippen LogP contribution in [0, 0.1) is 12.7 Å². The average Bonchev–Trinajstić information content (AvgIpc) is 3.01. The number of hydrogen-bond acceptors (Lipinski definition) is 3. The van der Waals surface area contributed by atoms with Gasteiger partial charge >= 0.3 is 0 Å². The molecule has 0 fully saturated rings.